The highest BCUT2D eigenvalue weighted by Gasteiger charge is 2.25. The molecule has 0 aliphatic carbocycles. The average Bonchev–Trinajstić information content (AvgIpc) is 2.29. The van der Waals surface area contributed by atoms with E-state index >= 15 is 0 Å². The van der Waals surface area contributed by atoms with Gasteiger partial charge in [0.1, 0.15) is 6.04 Å². The number of nitrogens with two attached hydrogens (primary N) is 1. The second-order valence-corrected chi connectivity index (χ2v) is 3.93. The van der Waals surface area contributed by atoms with E-state index in [0.717, 1.165) is 26.1 Å². The standard InChI is InChI=1S/C10H20N4O2/c1-12-9(15)3-2-5-14-6-4-13-7-8(14)10(11)16/h8,13H,2-7H2,1H3,(H2,11,16)(H,12,15). The van der Waals surface area contributed by atoms with Gasteiger partial charge in [-0.3, -0.25) is 14.5 Å². The summed E-state index contributed by atoms with van der Waals surface area (Å²) in [6.45, 7) is 3.02. The van der Waals surface area contributed by atoms with Crippen LogP contribution in [0, 0.1) is 0 Å². The lowest BCUT2D eigenvalue weighted by Crippen LogP contribution is -2.57. The Morgan fingerprint density at radius 3 is 2.94 bits per heavy atom. The molecule has 92 valence electrons. The number of nitrogens with one attached hydrogen (secondary N) is 2. The third-order valence-corrected chi connectivity index (χ3v) is 2.81. The monoisotopic (exact) mass is 228 g/mol. The summed E-state index contributed by atoms with van der Waals surface area (Å²) in [5.74, 6) is -0.266. The van der Waals surface area contributed by atoms with Gasteiger partial charge >= 0.3 is 0 Å². The topological polar surface area (TPSA) is 87.5 Å². The zero-order valence-electron chi connectivity index (χ0n) is 9.66. The Bertz CT molecular complexity index is 257. The van der Waals surface area contributed by atoms with Crippen molar-refractivity contribution in [3.63, 3.8) is 0 Å². The number of rotatable bonds is 5. The molecule has 0 aromatic heterocycles. The summed E-state index contributed by atoms with van der Waals surface area (Å²) in [6, 6.07) is -0.238. The van der Waals surface area contributed by atoms with Crippen molar-refractivity contribution in [2.75, 3.05) is 33.2 Å². The van der Waals surface area contributed by atoms with Crippen molar-refractivity contribution in [3.8, 4) is 0 Å². The minimum atomic E-state index is -0.299. The highest BCUT2D eigenvalue weighted by molar-refractivity contribution is 5.80. The maximum absolute atomic E-state index is 11.2. The third kappa shape index (κ3) is 3.79. The van der Waals surface area contributed by atoms with E-state index < -0.39 is 0 Å². The van der Waals surface area contributed by atoms with E-state index in [0.29, 0.717) is 13.0 Å². The van der Waals surface area contributed by atoms with Crippen molar-refractivity contribution in [3.05, 3.63) is 0 Å². The first-order valence-electron chi connectivity index (χ1n) is 5.60. The molecule has 1 saturated heterocycles. The van der Waals surface area contributed by atoms with Gasteiger partial charge in [-0.25, -0.2) is 0 Å². The molecule has 0 bridgehead atoms. The van der Waals surface area contributed by atoms with Gasteiger partial charge in [-0.1, -0.05) is 0 Å². The lowest BCUT2D eigenvalue weighted by molar-refractivity contribution is -0.123. The van der Waals surface area contributed by atoms with Gasteiger partial charge in [0, 0.05) is 33.1 Å². The van der Waals surface area contributed by atoms with Crippen LogP contribution < -0.4 is 16.4 Å². The lowest BCUT2D eigenvalue weighted by atomic mass is 10.1. The van der Waals surface area contributed by atoms with Crippen molar-refractivity contribution in [1.29, 1.82) is 0 Å². The van der Waals surface area contributed by atoms with Crippen molar-refractivity contribution in [2.45, 2.75) is 18.9 Å². The number of primary amides is 1. The van der Waals surface area contributed by atoms with Crippen LogP contribution in [0.1, 0.15) is 12.8 Å². The number of hydrogen-bond acceptors (Lipinski definition) is 4. The highest BCUT2D eigenvalue weighted by Crippen LogP contribution is 2.04. The first-order valence-corrected chi connectivity index (χ1v) is 5.60. The average molecular weight is 228 g/mol. The predicted molar refractivity (Wildman–Crippen MR) is 60.7 cm³/mol. The molecule has 6 nitrogen and oxygen atoms in total. The minimum Gasteiger partial charge on any atom is -0.368 e. The van der Waals surface area contributed by atoms with Gasteiger partial charge < -0.3 is 16.4 Å². The maximum atomic E-state index is 11.2. The molecule has 0 spiro atoms. The smallest absolute Gasteiger partial charge is 0.236 e. The van der Waals surface area contributed by atoms with Crippen LogP contribution in [0.3, 0.4) is 0 Å². The van der Waals surface area contributed by atoms with Crippen LogP contribution in [0.5, 0.6) is 0 Å². The molecule has 4 N–H and O–H groups in total. The zero-order valence-corrected chi connectivity index (χ0v) is 9.66. The van der Waals surface area contributed by atoms with E-state index in [1.807, 2.05) is 4.90 Å². The first kappa shape index (κ1) is 12.9. The zero-order chi connectivity index (χ0) is 12.0. The molecule has 1 aliphatic rings. The maximum Gasteiger partial charge on any atom is 0.236 e. The highest BCUT2D eigenvalue weighted by atomic mass is 16.2. The summed E-state index contributed by atoms with van der Waals surface area (Å²) >= 11 is 0. The summed E-state index contributed by atoms with van der Waals surface area (Å²) in [5, 5.41) is 5.71. The van der Waals surface area contributed by atoms with Gasteiger partial charge in [0.05, 0.1) is 0 Å². The molecule has 0 aromatic carbocycles. The van der Waals surface area contributed by atoms with Gasteiger partial charge in [0.2, 0.25) is 11.8 Å². The molecule has 1 fully saturated rings. The minimum absolute atomic E-state index is 0.0331. The molecule has 1 unspecified atom stereocenters. The van der Waals surface area contributed by atoms with Crippen molar-refractivity contribution < 1.29 is 9.59 Å². The van der Waals surface area contributed by atoms with Crippen LogP contribution >= 0.6 is 0 Å². The fourth-order valence-electron chi connectivity index (χ4n) is 1.86. The lowest BCUT2D eigenvalue weighted by Gasteiger charge is -2.33. The first-order chi connectivity index (χ1) is 7.65. The van der Waals surface area contributed by atoms with E-state index in [2.05, 4.69) is 10.6 Å². The van der Waals surface area contributed by atoms with E-state index in [1.54, 1.807) is 7.05 Å². The summed E-state index contributed by atoms with van der Waals surface area (Å²) in [4.78, 5) is 24.3. The van der Waals surface area contributed by atoms with Gasteiger partial charge in [-0.2, -0.15) is 0 Å². The van der Waals surface area contributed by atoms with Crippen molar-refractivity contribution >= 4 is 11.8 Å². The Balaban J connectivity index is 2.32. The van der Waals surface area contributed by atoms with Crippen LogP contribution in [-0.4, -0.2) is 56.0 Å². The summed E-state index contributed by atoms with van der Waals surface area (Å²) in [6.07, 6.45) is 1.25. The molecule has 0 aromatic rings. The Kier molecular flexibility index (Phi) is 5.21. The molecular formula is C10H20N4O2. The number of carbonyl (C=O) groups is 2. The largest absolute Gasteiger partial charge is 0.368 e. The molecule has 0 saturated carbocycles. The molecule has 0 radical (unpaired) electrons. The molecule has 6 heteroatoms. The fraction of sp³-hybridized carbons (Fsp3) is 0.800. The second-order valence-electron chi connectivity index (χ2n) is 3.93. The van der Waals surface area contributed by atoms with Crippen LogP contribution in [-0.2, 0) is 9.59 Å². The summed E-state index contributed by atoms with van der Waals surface area (Å²) in [7, 11) is 1.62. The van der Waals surface area contributed by atoms with Gasteiger partial charge in [-0.15, -0.1) is 0 Å². The summed E-state index contributed by atoms with van der Waals surface area (Å²) < 4.78 is 0. The fourth-order valence-corrected chi connectivity index (χ4v) is 1.86. The van der Waals surface area contributed by atoms with E-state index in [-0.39, 0.29) is 17.9 Å². The molecule has 16 heavy (non-hydrogen) atoms. The van der Waals surface area contributed by atoms with Gasteiger partial charge in [0.25, 0.3) is 0 Å². The Hall–Kier alpha value is -1.14. The molecule has 1 heterocycles. The normalized spacial score (nSPS) is 21.7. The number of amides is 2. The van der Waals surface area contributed by atoms with Crippen molar-refractivity contribution in [1.82, 2.24) is 15.5 Å². The quantitative estimate of drug-likeness (QED) is 0.522. The van der Waals surface area contributed by atoms with Gasteiger partial charge in [-0.05, 0) is 13.0 Å². The Morgan fingerprint density at radius 2 is 2.31 bits per heavy atom. The van der Waals surface area contributed by atoms with Gasteiger partial charge in [0.15, 0.2) is 0 Å². The molecule has 1 atom stereocenters. The number of hydrogen-bond donors (Lipinski definition) is 3. The second kappa shape index (κ2) is 6.44. The van der Waals surface area contributed by atoms with Crippen LogP contribution in [0.2, 0.25) is 0 Å². The molecule has 1 rings (SSSR count). The van der Waals surface area contributed by atoms with E-state index in [1.165, 1.54) is 0 Å². The predicted octanol–water partition coefficient (Wildman–Crippen LogP) is -1.73. The summed E-state index contributed by atoms with van der Waals surface area (Å²) in [5.41, 5.74) is 5.32. The number of nitrogens with zero attached hydrogens (tertiary/aromatic N) is 1. The van der Waals surface area contributed by atoms with Crippen molar-refractivity contribution in [2.24, 2.45) is 5.73 Å². The Morgan fingerprint density at radius 1 is 1.56 bits per heavy atom. The number of carbonyl (C=O) groups excluding carboxylic acids is 2. The van der Waals surface area contributed by atoms with Crippen LogP contribution in [0.4, 0.5) is 0 Å². The number of piperazine rings is 1. The van der Waals surface area contributed by atoms with E-state index in [9.17, 15) is 9.59 Å². The molecule has 1 aliphatic heterocycles. The SMILES string of the molecule is CNC(=O)CCCN1CCNCC1C(N)=O. The Labute approximate surface area is 95.5 Å². The van der Waals surface area contributed by atoms with Crippen LogP contribution in [0.15, 0.2) is 0 Å². The molecule has 2 amide bonds. The third-order valence-electron chi connectivity index (χ3n) is 2.81. The molecular weight excluding hydrogens is 208 g/mol. The van der Waals surface area contributed by atoms with Crippen LogP contribution in [0.25, 0.3) is 0 Å². The van der Waals surface area contributed by atoms with E-state index in [4.69, 9.17) is 5.73 Å².